The van der Waals surface area contributed by atoms with Gasteiger partial charge in [0.05, 0.1) is 19.8 Å². The minimum absolute atomic E-state index is 0.0286. The van der Waals surface area contributed by atoms with E-state index in [2.05, 4.69) is 4.98 Å². The number of aliphatic hydroxyl groups excluding tert-OH is 2. The third-order valence-corrected chi connectivity index (χ3v) is 4.63. The Morgan fingerprint density at radius 1 is 1.20 bits per heavy atom. The molecule has 4 N–H and O–H groups in total. The molecule has 2 rings (SSSR count). The van der Waals surface area contributed by atoms with Crippen molar-refractivity contribution in [2.45, 2.75) is 24.5 Å². The van der Waals surface area contributed by atoms with Crippen molar-refractivity contribution in [3.8, 4) is 0 Å². The van der Waals surface area contributed by atoms with Gasteiger partial charge in [0.15, 0.2) is 12.0 Å². The molecule has 0 unspecified atom stereocenters. The number of methoxy groups -OCH3 is 3. The summed E-state index contributed by atoms with van der Waals surface area (Å²) >= 11 is 0. The van der Waals surface area contributed by atoms with E-state index in [1.54, 1.807) is 5.48 Å². The van der Waals surface area contributed by atoms with Gasteiger partial charge < -0.3 is 33.9 Å². The first-order chi connectivity index (χ1) is 14.3. The van der Waals surface area contributed by atoms with Crippen LogP contribution in [0.4, 0.5) is 5.82 Å². The molecule has 13 heteroatoms. The summed E-state index contributed by atoms with van der Waals surface area (Å²) in [6, 6.07) is 1.27. The summed E-state index contributed by atoms with van der Waals surface area (Å²) in [5.74, 6) is -0.792. The number of nitrogens with one attached hydrogen (secondary N) is 1. The molecule has 13 nitrogen and oxygen atoms in total. The minimum atomic E-state index is -1.48. The summed E-state index contributed by atoms with van der Waals surface area (Å²) in [6.07, 6.45) is -4.07. The van der Waals surface area contributed by atoms with E-state index < -0.39 is 48.2 Å². The molecule has 0 spiro atoms. The van der Waals surface area contributed by atoms with Gasteiger partial charge in [0.2, 0.25) is 0 Å². The van der Waals surface area contributed by atoms with Crippen molar-refractivity contribution in [2.24, 2.45) is 5.41 Å². The first kappa shape index (κ1) is 24.1. The molecule has 1 aliphatic rings. The largest absolute Gasteiger partial charge is 0.462 e. The zero-order chi connectivity index (χ0) is 22.3. The SMILES string of the molecule is COCC(COC)(COC)C(=O)OC[C@H]1O[C@@H](n2ccc(NO)nc2=O)[C@H](O)[C@@H]1O. The zero-order valence-electron chi connectivity index (χ0n) is 16.9. The van der Waals surface area contributed by atoms with Gasteiger partial charge in [-0.15, -0.1) is 0 Å². The fourth-order valence-electron chi connectivity index (χ4n) is 3.21. The minimum Gasteiger partial charge on any atom is -0.462 e. The fourth-order valence-corrected chi connectivity index (χ4v) is 3.21. The van der Waals surface area contributed by atoms with Crippen LogP contribution in [0.25, 0.3) is 0 Å². The summed E-state index contributed by atoms with van der Waals surface area (Å²) < 4.78 is 27.1. The molecule has 1 aliphatic heterocycles. The van der Waals surface area contributed by atoms with Gasteiger partial charge in [-0.2, -0.15) is 4.98 Å². The second-order valence-corrected chi connectivity index (χ2v) is 6.84. The van der Waals surface area contributed by atoms with Crippen molar-refractivity contribution in [1.29, 1.82) is 0 Å². The van der Waals surface area contributed by atoms with Crippen molar-refractivity contribution in [3.63, 3.8) is 0 Å². The van der Waals surface area contributed by atoms with Crippen LogP contribution in [0, 0.1) is 5.41 Å². The Morgan fingerprint density at radius 3 is 2.30 bits per heavy atom. The Bertz CT molecular complexity index is 741. The Balaban J connectivity index is 2.10. The Labute approximate surface area is 172 Å². The molecule has 1 aromatic heterocycles. The molecule has 1 saturated heterocycles. The van der Waals surface area contributed by atoms with Gasteiger partial charge in [0.25, 0.3) is 0 Å². The van der Waals surface area contributed by atoms with Gasteiger partial charge in [-0.05, 0) is 6.07 Å². The van der Waals surface area contributed by atoms with E-state index in [4.69, 9.17) is 28.9 Å². The second-order valence-electron chi connectivity index (χ2n) is 6.84. The maximum Gasteiger partial charge on any atom is 0.351 e. The van der Waals surface area contributed by atoms with Crippen LogP contribution in [0.15, 0.2) is 17.1 Å². The maximum atomic E-state index is 12.7. The molecule has 0 bridgehead atoms. The molecular weight excluding hydrogens is 406 g/mol. The van der Waals surface area contributed by atoms with E-state index >= 15 is 0 Å². The molecule has 0 aromatic carbocycles. The Hall–Kier alpha value is -2.13. The van der Waals surface area contributed by atoms with Crippen LogP contribution in [-0.4, -0.2) is 97.0 Å². The van der Waals surface area contributed by atoms with E-state index in [1.165, 1.54) is 33.6 Å². The topological polar surface area (TPSA) is 171 Å². The third kappa shape index (κ3) is 5.13. The van der Waals surface area contributed by atoms with Crippen molar-refractivity contribution in [2.75, 3.05) is 53.2 Å². The van der Waals surface area contributed by atoms with E-state index in [-0.39, 0.29) is 25.6 Å². The van der Waals surface area contributed by atoms with Gasteiger partial charge in [0, 0.05) is 27.5 Å². The lowest BCUT2D eigenvalue weighted by atomic mass is 9.91. The van der Waals surface area contributed by atoms with Crippen LogP contribution in [0.1, 0.15) is 6.23 Å². The first-order valence-corrected chi connectivity index (χ1v) is 8.98. The average molecular weight is 433 g/mol. The van der Waals surface area contributed by atoms with Crippen molar-refractivity contribution in [1.82, 2.24) is 9.55 Å². The molecule has 2 heterocycles. The number of aromatic nitrogens is 2. The third-order valence-electron chi connectivity index (χ3n) is 4.63. The highest BCUT2D eigenvalue weighted by atomic mass is 16.6. The smallest absolute Gasteiger partial charge is 0.351 e. The van der Waals surface area contributed by atoms with Crippen LogP contribution in [0.5, 0.6) is 0 Å². The Kier molecular flexibility index (Phi) is 8.66. The normalized spacial score (nSPS) is 24.1. The Morgan fingerprint density at radius 2 is 1.80 bits per heavy atom. The first-order valence-electron chi connectivity index (χ1n) is 8.98. The van der Waals surface area contributed by atoms with Gasteiger partial charge >= 0.3 is 11.7 Å². The number of nitrogens with zero attached hydrogens (tertiary/aromatic N) is 2. The number of carbonyl (C=O) groups is 1. The predicted octanol–water partition coefficient (Wildman–Crippen LogP) is -1.87. The number of anilines is 1. The molecule has 1 aromatic rings. The highest BCUT2D eigenvalue weighted by Crippen LogP contribution is 2.29. The number of carbonyl (C=O) groups excluding carboxylic acids is 1. The summed E-state index contributed by atoms with van der Waals surface area (Å²) in [6.45, 7) is -0.484. The molecule has 1 fully saturated rings. The molecule has 0 radical (unpaired) electrons. The molecule has 0 aliphatic carbocycles. The lowest BCUT2D eigenvalue weighted by Crippen LogP contribution is -2.46. The number of hydrogen-bond donors (Lipinski definition) is 4. The van der Waals surface area contributed by atoms with Crippen LogP contribution in [0.2, 0.25) is 0 Å². The lowest BCUT2D eigenvalue weighted by molar-refractivity contribution is -0.174. The van der Waals surface area contributed by atoms with Crippen LogP contribution in [0.3, 0.4) is 0 Å². The summed E-state index contributed by atoms with van der Waals surface area (Å²) in [5.41, 5.74) is -0.333. The van der Waals surface area contributed by atoms with Crippen LogP contribution >= 0.6 is 0 Å². The van der Waals surface area contributed by atoms with Crippen LogP contribution in [-0.2, 0) is 28.5 Å². The van der Waals surface area contributed by atoms with Crippen molar-refractivity contribution in [3.05, 3.63) is 22.7 Å². The number of hydrogen-bond acceptors (Lipinski definition) is 12. The number of ether oxygens (including phenoxy) is 5. The molecular formula is C17H27N3O10. The fraction of sp³-hybridized carbons (Fsp3) is 0.706. The predicted molar refractivity (Wildman–Crippen MR) is 98.8 cm³/mol. The average Bonchev–Trinajstić information content (AvgIpc) is 3.00. The lowest BCUT2D eigenvalue weighted by Gasteiger charge is -2.29. The zero-order valence-corrected chi connectivity index (χ0v) is 16.9. The molecule has 0 saturated carbocycles. The van der Waals surface area contributed by atoms with E-state index in [9.17, 15) is 19.8 Å². The summed E-state index contributed by atoms with van der Waals surface area (Å²) in [5, 5.41) is 29.4. The summed E-state index contributed by atoms with van der Waals surface area (Å²) in [4.78, 5) is 28.3. The van der Waals surface area contributed by atoms with Crippen molar-refractivity contribution >= 4 is 11.8 Å². The second kappa shape index (κ2) is 10.8. The van der Waals surface area contributed by atoms with Gasteiger partial charge in [0.1, 0.15) is 30.3 Å². The molecule has 4 atom stereocenters. The van der Waals surface area contributed by atoms with Crippen molar-refractivity contribution < 1.29 is 43.9 Å². The quantitative estimate of drug-likeness (QED) is 0.227. The monoisotopic (exact) mass is 433 g/mol. The number of aliphatic hydroxyl groups is 2. The highest BCUT2D eigenvalue weighted by molar-refractivity contribution is 5.77. The molecule has 30 heavy (non-hydrogen) atoms. The van der Waals surface area contributed by atoms with Gasteiger partial charge in [-0.1, -0.05) is 0 Å². The molecule has 0 amide bonds. The van der Waals surface area contributed by atoms with Gasteiger partial charge in [-0.25, -0.2) is 4.79 Å². The van der Waals surface area contributed by atoms with E-state index in [0.29, 0.717) is 0 Å². The van der Waals surface area contributed by atoms with E-state index in [1.807, 2.05) is 0 Å². The molecule has 170 valence electrons. The maximum absolute atomic E-state index is 12.7. The van der Waals surface area contributed by atoms with E-state index in [0.717, 1.165) is 4.57 Å². The van der Waals surface area contributed by atoms with Crippen LogP contribution < -0.4 is 11.2 Å². The highest BCUT2D eigenvalue weighted by Gasteiger charge is 2.46. The number of esters is 1. The summed E-state index contributed by atoms with van der Waals surface area (Å²) in [7, 11) is 4.25. The number of rotatable bonds is 11. The van der Waals surface area contributed by atoms with Gasteiger partial charge in [-0.3, -0.25) is 20.0 Å². The standard InChI is InChI=1S/C17H27N3O10/c1-26-7-17(8-27-2,9-28-3)15(23)29-6-10-12(21)13(22)14(30-10)20-5-4-11(19-25)18-16(20)24/h4-5,10,12-14,21-22,25H,6-9H2,1-3H3,(H,18,19,24)/t10-,12-,13-,14-/m1/s1.